The monoisotopic (exact) mass is 324 g/mol. The van der Waals surface area contributed by atoms with Gasteiger partial charge in [0, 0.05) is 18.4 Å². The molecule has 0 aliphatic carbocycles. The lowest BCUT2D eigenvalue weighted by molar-refractivity contribution is -0.140. The van der Waals surface area contributed by atoms with Crippen LogP contribution in [0.3, 0.4) is 0 Å². The molecule has 0 radical (unpaired) electrons. The van der Waals surface area contributed by atoms with Crippen LogP contribution in [0.25, 0.3) is 0 Å². The maximum absolute atomic E-state index is 12.2. The molecule has 126 valence electrons. The Labute approximate surface area is 143 Å². The fraction of sp³-hybridized carbons (Fsp3) is 0.333. The summed E-state index contributed by atoms with van der Waals surface area (Å²) in [4.78, 5) is 23.3. The lowest BCUT2D eigenvalue weighted by atomic mass is 10.0. The van der Waals surface area contributed by atoms with Crippen LogP contribution in [0.1, 0.15) is 47.2 Å². The average molecular weight is 324 g/mol. The van der Waals surface area contributed by atoms with Crippen molar-refractivity contribution in [2.75, 3.05) is 7.11 Å². The highest BCUT2D eigenvalue weighted by Gasteiger charge is 2.06. The maximum Gasteiger partial charge on any atom is 0.305 e. The minimum Gasteiger partial charge on any atom is -0.469 e. The van der Waals surface area contributed by atoms with E-state index in [1.54, 1.807) is 0 Å². The highest BCUT2D eigenvalue weighted by atomic mass is 16.5. The molecule has 0 fully saturated rings. The first kappa shape index (κ1) is 17.9. The highest BCUT2D eigenvalue weighted by molar-refractivity contribution is 5.96. The molecule has 3 nitrogen and oxygen atoms in total. The number of methoxy groups -OCH3 is 1. The van der Waals surface area contributed by atoms with Crippen molar-refractivity contribution in [2.45, 2.75) is 38.5 Å². The Bertz CT molecular complexity index is 645. The smallest absolute Gasteiger partial charge is 0.305 e. The number of hydrogen-bond donors (Lipinski definition) is 0. The van der Waals surface area contributed by atoms with Crippen LogP contribution in [0.5, 0.6) is 0 Å². The zero-order valence-electron chi connectivity index (χ0n) is 14.2. The standard InChI is InChI=1S/C21H24O3/c1-24-21(23)12-6-10-18-13-15-19(16-14-18)20(22)11-5-9-17-7-3-2-4-8-17/h2-4,7-8,13-16H,5-6,9-12H2,1H3. The van der Waals surface area contributed by atoms with Gasteiger partial charge in [0.2, 0.25) is 0 Å². The van der Waals surface area contributed by atoms with Gasteiger partial charge in [-0.2, -0.15) is 0 Å². The van der Waals surface area contributed by atoms with E-state index in [-0.39, 0.29) is 11.8 Å². The van der Waals surface area contributed by atoms with Crippen molar-refractivity contribution in [3.63, 3.8) is 0 Å². The third kappa shape index (κ3) is 5.99. The van der Waals surface area contributed by atoms with E-state index in [2.05, 4.69) is 16.9 Å². The summed E-state index contributed by atoms with van der Waals surface area (Å²) >= 11 is 0. The van der Waals surface area contributed by atoms with Crippen molar-refractivity contribution >= 4 is 11.8 Å². The number of aryl methyl sites for hydroxylation is 2. The fourth-order valence-corrected chi connectivity index (χ4v) is 2.64. The topological polar surface area (TPSA) is 43.4 Å². The molecule has 0 spiro atoms. The molecule has 0 saturated heterocycles. The minimum absolute atomic E-state index is 0.180. The van der Waals surface area contributed by atoms with Gasteiger partial charge in [-0.3, -0.25) is 9.59 Å². The molecular formula is C21H24O3. The predicted octanol–water partition coefficient (Wildman–Crippen LogP) is 4.39. The van der Waals surface area contributed by atoms with Crippen LogP contribution in [0, 0.1) is 0 Å². The first-order valence-electron chi connectivity index (χ1n) is 8.42. The summed E-state index contributed by atoms with van der Waals surface area (Å²) in [5.74, 6) is 0.00672. The van der Waals surface area contributed by atoms with Crippen molar-refractivity contribution in [1.29, 1.82) is 0 Å². The van der Waals surface area contributed by atoms with Crippen molar-refractivity contribution in [2.24, 2.45) is 0 Å². The number of esters is 1. The second-order valence-electron chi connectivity index (χ2n) is 5.89. The van der Waals surface area contributed by atoms with Gasteiger partial charge in [-0.25, -0.2) is 0 Å². The number of ketones is 1. The number of rotatable bonds is 9. The maximum atomic E-state index is 12.2. The Morgan fingerprint density at radius 2 is 1.38 bits per heavy atom. The average Bonchev–Trinajstić information content (AvgIpc) is 2.63. The fourth-order valence-electron chi connectivity index (χ4n) is 2.64. The van der Waals surface area contributed by atoms with Gasteiger partial charge in [0.1, 0.15) is 0 Å². The number of benzene rings is 2. The van der Waals surface area contributed by atoms with Crippen LogP contribution in [0.2, 0.25) is 0 Å². The van der Waals surface area contributed by atoms with Gasteiger partial charge in [-0.15, -0.1) is 0 Å². The molecule has 0 atom stereocenters. The molecule has 2 aromatic rings. The van der Waals surface area contributed by atoms with Crippen LogP contribution in [-0.2, 0) is 22.4 Å². The molecule has 0 saturated carbocycles. The van der Waals surface area contributed by atoms with Gasteiger partial charge in [0.25, 0.3) is 0 Å². The number of carbonyl (C=O) groups excluding carboxylic acids is 2. The number of ether oxygens (including phenoxy) is 1. The molecule has 2 rings (SSSR count). The molecule has 3 heteroatoms. The summed E-state index contributed by atoms with van der Waals surface area (Å²) in [6, 6.07) is 18.0. The van der Waals surface area contributed by atoms with Crippen molar-refractivity contribution in [1.82, 2.24) is 0 Å². The van der Waals surface area contributed by atoms with E-state index in [0.29, 0.717) is 12.8 Å². The van der Waals surface area contributed by atoms with Crippen LogP contribution < -0.4 is 0 Å². The van der Waals surface area contributed by atoms with Gasteiger partial charge in [-0.05, 0) is 36.8 Å². The summed E-state index contributed by atoms with van der Waals surface area (Å²) in [5, 5.41) is 0. The molecule has 24 heavy (non-hydrogen) atoms. The summed E-state index contributed by atoms with van der Waals surface area (Å²) in [7, 11) is 1.40. The van der Waals surface area contributed by atoms with Gasteiger partial charge in [0.05, 0.1) is 7.11 Å². The second-order valence-corrected chi connectivity index (χ2v) is 5.89. The zero-order valence-corrected chi connectivity index (χ0v) is 14.2. The Morgan fingerprint density at radius 1 is 0.792 bits per heavy atom. The van der Waals surface area contributed by atoms with Crippen LogP contribution >= 0.6 is 0 Å². The summed E-state index contributed by atoms with van der Waals surface area (Å²) < 4.78 is 4.62. The Kier molecular flexibility index (Phi) is 7.21. The number of Topliss-reactive ketones (excluding diaryl/α,β-unsaturated/α-hetero) is 1. The van der Waals surface area contributed by atoms with Gasteiger partial charge in [-0.1, -0.05) is 54.6 Å². The van der Waals surface area contributed by atoms with Gasteiger partial charge < -0.3 is 4.74 Å². The Morgan fingerprint density at radius 3 is 2.00 bits per heavy atom. The first-order valence-corrected chi connectivity index (χ1v) is 8.42. The van der Waals surface area contributed by atoms with E-state index in [1.807, 2.05) is 42.5 Å². The third-order valence-electron chi connectivity index (χ3n) is 4.06. The number of carbonyl (C=O) groups is 2. The largest absolute Gasteiger partial charge is 0.469 e. The first-order chi connectivity index (χ1) is 11.7. The number of hydrogen-bond acceptors (Lipinski definition) is 3. The quantitative estimate of drug-likeness (QED) is 0.507. The van der Waals surface area contributed by atoms with Gasteiger partial charge >= 0.3 is 5.97 Å². The lowest BCUT2D eigenvalue weighted by Gasteiger charge is -2.05. The predicted molar refractivity (Wildman–Crippen MR) is 95.1 cm³/mol. The van der Waals surface area contributed by atoms with E-state index in [1.165, 1.54) is 12.7 Å². The summed E-state index contributed by atoms with van der Waals surface area (Å²) in [6.45, 7) is 0. The Balaban J connectivity index is 1.75. The molecule has 0 N–H and O–H groups in total. The summed E-state index contributed by atoms with van der Waals surface area (Å²) in [5.41, 5.74) is 3.17. The minimum atomic E-state index is -0.180. The molecule has 0 aliphatic heterocycles. The van der Waals surface area contributed by atoms with E-state index < -0.39 is 0 Å². The molecule has 0 unspecified atom stereocenters. The molecule has 0 amide bonds. The van der Waals surface area contributed by atoms with E-state index in [4.69, 9.17) is 0 Å². The molecular weight excluding hydrogens is 300 g/mol. The summed E-state index contributed by atoms with van der Waals surface area (Å²) in [6.07, 6.45) is 4.36. The Hall–Kier alpha value is -2.42. The van der Waals surface area contributed by atoms with E-state index in [9.17, 15) is 9.59 Å². The van der Waals surface area contributed by atoms with Gasteiger partial charge in [0.15, 0.2) is 5.78 Å². The molecule has 0 aliphatic rings. The normalized spacial score (nSPS) is 10.4. The van der Waals surface area contributed by atoms with Crippen molar-refractivity contribution in [3.05, 3.63) is 71.3 Å². The van der Waals surface area contributed by atoms with Crippen molar-refractivity contribution < 1.29 is 14.3 Å². The molecule has 2 aromatic carbocycles. The van der Waals surface area contributed by atoms with E-state index in [0.717, 1.165) is 36.8 Å². The molecule has 0 heterocycles. The second kappa shape index (κ2) is 9.66. The van der Waals surface area contributed by atoms with Crippen LogP contribution in [0.15, 0.2) is 54.6 Å². The third-order valence-corrected chi connectivity index (χ3v) is 4.06. The molecule has 0 bridgehead atoms. The van der Waals surface area contributed by atoms with Crippen LogP contribution in [0.4, 0.5) is 0 Å². The van der Waals surface area contributed by atoms with E-state index >= 15 is 0 Å². The molecule has 0 aromatic heterocycles. The van der Waals surface area contributed by atoms with Crippen molar-refractivity contribution in [3.8, 4) is 0 Å². The lowest BCUT2D eigenvalue weighted by Crippen LogP contribution is -2.02. The highest BCUT2D eigenvalue weighted by Crippen LogP contribution is 2.12. The zero-order chi connectivity index (χ0) is 17.2. The SMILES string of the molecule is COC(=O)CCCc1ccc(C(=O)CCCc2ccccc2)cc1. The van der Waals surface area contributed by atoms with Crippen LogP contribution in [-0.4, -0.2) is 18.9 Å².